The van der Waals surface area contributed by atoms with E-state index in [9.17, 15) is 4.79 Å². The molecule has 1 aromatic heterocycles. The van der Waals surface area contributed by atoms with Gasteiger partial charge in [0.05, 0.1) is 5.69 Å². The Morgan fingerprint density at radius 3 is 2.56 bits per heavy atom. The van der Waals surface area contributed by atoms with Gasteiger partial charge in [-0.2, -0.15) is 5.10 Å². The third-order valence-electron chi connectivity index (χ3n) is 6.02. The molecule has 4 rings (SSSR count). The summed E-state index contributed by atoms with van der Waals surface area (Å²) in [6, 6.07) is 12.8. The number of para-hydroxylation sites is 1. The minimum atomic E-state index is -0.0551. The predicted molar refractivity (Wildman–Crippen MR) is 107 cm³/mol. The van der Waals surface area contributed by atoms with Gasteiger partial charge in [-0.1, -0.05) is 43.9 Å². The molecule has 144 valence electrons. The van der Waals surface area contributed by atoms with Gasteiger partial charge >= 0.3 is 0 Å². The van der Waals surface area contributed by atoms with Crippen molar-refractivity contribution in [3.63, 3.8) is 0 Å². The molecule has 1 N–H and O–H groups in total. The molecule has 1 atom stereocenters. The molecule has 2 aliphatic rings. The van der Waals surface area contributed by atoms with Crippen LogP contribution in [0.3, 0.4) is 0 Å². The Morgan fingerprint density at radius 1 is 1.07 bits per heavy atom. The molecular weight excluding hydrogens is 336 g/mol. The highest BCUT2D eigenvalue weighted by atomic mass is 16.2. The third kappa shape index (κ3) is 4.24. The fraction of sp³-hybridized carbons (Fsp3) is 0.545. The van der Waals surface area contributed by atoms with Crippen LogP contribution in [0.25, 0.3) is 5.69 Å². The van der Waals surface area contributed by atoms with Gasteiger partial charge in [0.1, 0.15) is 0 Å². The number of nitrogens with zero attached hydrogens (tertiary/aromatic N) is 3. The first kappa shape index (κ1) is 18.2. The van der Waals surface area contributed by atoms with Crippen molar-refractivity contribution in [3.05, 3.63) is 47.8 Å². The van der Waals surface area contributed by atoms with E-state index < -0.39 is 0 Å². The van der Waals surface area contributed by atoms with Crippen LogP contribution in [0.4, 0.5) is 0 Å². The Hall–Kier alpha value is -2.14. The van der Waals surface area contributed by atoms with Crippen molar-refractivity contribution in [2.24, 2.45) is 0 Å². The number of carbonyl (C=O) groups excluding carboxylic acids is 1. The summed E-state index contributed by atoms with van der Waals surface area (Å²) in [5.74, 6) is -0.0551. The van der Waals surface area contributed by atoms with Crippen LogP contribution in [0, 0.1) is 6.92 Å². The number of aromatic nitrogens is 2. The van der Waals surface area contributed by atoms with E-state index in [0.717, 1.165) is 30.9 Å². The number of likely N-dealkylation sites (tertiary alicyclic amines) is 1. The fourth-order valence-corrected chi connectivity index (χ4v) is 4.54. The van der Waals surface area contributed by atoms with E-state index in [0.29, 0.717) is 11.7 Å². The number of hydrogen-bond acceptors (Lipinski definition) is 3. The van der Waals surface area contributed by atoms with Crippen LogP contribution in [0.15, 0.2) is 36.4 Å². The topological polar surface area (TPSA) is 50.2 Å². The lowest BCUT2D eigenvalue weighted by atomic mass is 10.1. The van der Waals surface area contributed by atoms with E-state index in [-0.39, 0.29) is 11.9 Å². The summed E-state index contributed by atoms with van der Waals surface area (Å²) >= 11 is 0. The van der Waals surface area contributed by atoms with Crippen LogP contribution < -0.4 is 5.32 Å². The van der Waals surface area contributed by atoms with Crippen LogP contribution in [0.2, 0.25) is 0 Å². The molecule has 1 saturated carbocycles. The molecule has 2 heterocycles. The van der Waals surface area contributed by atoms with Crippen LogP contribution in [0.5, 0.6) is 0 Å². The zero-order valence-corrected chi connectivity index (χ0v) is 16.2. The van der Waals surface area contributed by atoms with Gasteiger partial charge in [0.2, 0.25) is 0 Å². The second kappa shape index (κ2) is 8.26. The molecule has 1 aliphatic heterocycles. The molecule has 5 nitrogen and oxygen atoms in total. The van der Waals surface area contributed by atoms with Crippen molar-refractivity contribution in [1.29, 1.82) is 0 Å². The Morgan fingerprint density at radius 2 is 1.81 bits per heavy atom. The third-order valence-corrected chi connectivity index (χ3v) is 6.02. The van der Waals surface area contributed by atoms with E-state index in [1.165, 1.54) is 38.5 Å². The minimum Gasteiger partial charge on any atom is -0.347 e. The fourth-order valence-electron chi connectivity index (χ4n) is 4.54. The first-order chi connectivity index (χ1) is 13.2. The molecule has 2 fully saturated rings. The lowest BCUT2D eigenvalue weighted by Gasteiger charge is -2.26. The Balaban J connectivity index is 1.37. The molecule has 27 heavy (non-hydrogen) atoms. The van der Waals surface area contributed by atoms with Crippen molar-refractivity contribution in [2.45, 2.75) is 64.0 Å². The molecule has 5 heteroatoms. The molecule has 0 bridgehead atoms. The molecule has 1 unspecified atom stereocenters. The van der Waals surface area contributed by atoms with Gasteiger partial charge in [-0.05, 0) is 44.4 Å². The first-order valence-corrected chi connectivity index (χ1v) is 10.4. The van der Waals surface area contributed by atoms with Crippen molar-refractivity contribution in [2.75, 3.05) is 13.1 Å². The van der Waals surface area contributed by atoms with Crippen LogP contribution in [-0.4, -0.2) is 45.8 Å². The molecule has 2 aromatic rings. The highest BCUT2D eigenvalue weighted by molar-refractivity contribution is 5.92. The predicted octanol–water partition coefficient (Wildman–Crippen LogP) is 3.71. The van der Waals surface area contributed by atoms with Gasteiger partial charge in [0.25, 0.3) is 5.91 Å². The van der Waals surface area contributed by atoms with Gasteiger partial charge < -0.3 is 5.32 Å². The van der Waals surface area contributed by atoms with Crippen molar-refractivity contribution >= 4 is 5.91 Å². The van der Waals surface area contributed by atoms with Crippen LogP contribution >= 0.6 is 0 Å². The number of benzene rings is 1. The van der Waals surface area contributed by atoms with E-state index >= 15 is 0 Å². The summed E-state index contributed by atoms with van der Waals surface area (Å²) in [4.78, 5) is 15.3. The van der Waals surface area contributed by atoms with Crippen LogP contribution in [0.1, 0.15) is 61.1 Å². The number of aryl methyl sites for hydroxylation is 1. The summed E-state index contributed by atoms with van der Waals surface area (Å²) in [5.41, 5.74) is 2.46. The average molecular weight is 367 g/mol. The molecule has 1 amide bonds. The summed E-state index contributed by atoms with van der Waals surface area (Å²) < 4.78 is 1.83. The summed E-state index contributed by atoms with van der Waals surface area (Å²) in [6.45, 7) is 4.07. The monoisotopic (exact) mass is 366 g/mol. The molecule has 1 aromatic carbocycles. The molecule has 0 radical (unpaired) electrons. The number of nitrogens with one attached hydrogen (secondary N) is 1. The average Bonchev–Trinajstić information content (AvgIpc) is 3.20. The first-order valence-electron chi connectivity index (χ1n) is 10.4. The van der Waals surface area contributed by atoms with Gasteiger partial charge in [0.15, 0.2) is 5.69 Å². The Labute approximate surface area is 161 Å². The highest BCUT2D eigenvalue weighted by Gasteiger charge is 2.30. The van der Waals surface area contributed by atoms with Crippen molar-refractivity contribution in [1.82, 2.24) is 20.0 Å². The number of rotatable bonds is 4. The van der Waals surface area contributed by atoms with Gasteiger partial charge in [-0.15, -0.1) is 0 Å². The van der Waals surface area contributed by atoms with E-state index in [2.05, 4.69) is 15.3 Å². The zero-order chi connectivity index (χ0) is 18.6. The maximum absolute atomic E-state index is 12.7. The molecule has 1 aliphatic carbocycles. The summed E-state index contributed by atoms with van der Waals surface area (Å²) in [5, 5.41) is 7.75. The largest absolute Gasteiger partial charge is 0.347 e. The standard InChI is InChI=1S/C22H30N4O/c1-17-15-21(24-26(17)20-11-7-4-8-12-20)22(27)23-18-13-14-25(16-18)19-9-5-2-3-6-10-19/h4,7-8,11-12,15,18-19H,2-3,5-6,9-10,13-14,16H2,1H3,(H,23,27). The zero-order valence-electron chi connectivity index (χ0n) is 16.2. The highest BCUT2D eigenvalue weighted by Crippen LogP contribution is 2.25. The normalized spacial score (nSPS) is 21.9. The summed E-state index contributed by atoms with van der Waals surface area (Å²) in [6.07, 6.45) is 9.16. The van der Waals surface area contributed by atoms with Gasteiger partial charge in [0, 0.05) is 30.9 Å². The van der Waals surface area contributed by atoms with E-state index in [1.54, 1.807) is 0 Å². The van der Waals surface area contributed by atoms with Gasteiger partial charge in [-0.3, -0.25) is 9.69 Å². The Bertz CT molecular complexity index is 762. The SMILES string of the molecule is Cc1cc(C(=O)NC2CCN(C3CCCCCC3)C2)nn1-c1ccccc1. The smallest absolute Gasteiger partial charge is 0.272 e. The van der Waals surface area contributed by atoms with E-state index in [4.69, 9.17) is 0 Å². The maximum atomic E-state index is 12.7. The van der Waals surface area contributed by atoms with Crippen LogP contribution in [-0.2, 0) is 0 Å². The van der Waals surface area contributed by atoms with E-state index in [1.807, 2.05) is 48.0 Å². The molecular formula is C22H30N4O. The second-order valence-electron chi connectivity index (χ2n) is 8.02. The number of hydrogen-bond donors (Lipinski definition) is 1. The second-order valence-corrected chi connectivity index (χ2v) is 8.02. The van der Waals surface area contributed by atoms with Crippen molar-refractivity contribution < 1.29 is 4.79 Å². The minimum absolute atomic E-state index is 0.0551. The molecule has 0 spiro atoms. The van der Waals surface area contributed by atoms with Crippen molar-refractivity contribution in [3.8, 4) is 5.69 Å². The lowest BCUT2D eigenvalue weighted by molar-refractivity contribution is 0.0930. The lowest BCUT2D eigenvalue weighted by Crippen LogP contribution is -2.40. The quantitative estimate of drug-likeness (QED) is 0.839. The maximum Gasteiger partial charge on any atom is 0.272 e. The number of carbonyl (C=O) groups is 1. The number of amides is 1. The van der Waals surface area contributed by atoms with Gasteiger partial charge in [-0.25, -0.2) is 4.68 Å². The Kier molecular flexibility index (Phi) is 5.58. The summed E-state index contributed by atoms with van der Waals surface area (Å²) in [7, 11) is 0. The molecule has 1 saturated heterocycles.